The number of benzene rings is 3. The van der Waals surface area contributed by atoms with Crippen molar-refractivity contribution in [2.75, 3.05) is 0 Å². The summed E-state index contributed by atoms with van der Waals surface area (Å²) in [6.45, 7) is 0. The van der Waals surface area contributed by atoms with Crippen molar-refractivity contribution < 1.29 is 23.5 Å². The molecule has 5 aromatic rings. The third kappa shape index (κ3) is 6.99. The predicted octanol–water partition coefficient (Wildman–Crippen LogP) is 8.26. The van der Waals surface area contributed by atoms with Gasteiger partial charge in [0.2, 0.25) is 5.88 Å². The minimum atomic E-state index is 0.527. The molecule has 0 aliphatic heterocycles. The van der Waals surface area contributed by atoms with Crippen molar-refractivity contribution in [3.05, 3.63) is 133 Å². The van der Waals surface area contributed by atoms with Gasteiger partial charge in [-0.3, -0.25) is 0 Å². The van der Waals surface area contributed by atoms with Crippen molar-refractivity contribution in [2.45, 2.75) is 0 Å². The molecule has 0 unspecified atom stereocenters. The zero-order valence-corrected chi connectivity index (χ0v) is 21.6. The summed E-state index contributed by atoms with van der Waals surface area (Å²) < 4.78 is 6.01. The van der Waals surface area contributed by atoms with E-state index in [4.69, 9.17) is 4.74 Å². The normalized spacial score (nSPS) is 10.5. The molecule has 0 saturated heterocycles. The van der Waals surface area contributed by atoms with Crippen LogP contribution in [0.2, 0.25) is 0 Å². The van der Waals surface area contributed by atoms with Gasteiger partial charge in [0.25, 0.3) is 0 Å². The molecule has 0 N–H and O–H groups in total. The van der Waals surface area contributed by atoms with Crippen molar-refractivity contribution in [2.24, 2.45) is 0 Å². The van der Waals surface area contributed by atoms with Crippen molar-refractivity contribution >= 4 is 21.6 Å². The zero-order chi connectivity index (χ0) is 24.3. The number of hydrogen-bond acceptors (Lipinski definition) is 3. The smallest absolute Gasteiger partial charge is 0.217 e. The maximum Gasteiger partial charge on any atom is 0.217 e. The van der Waals surface area contributed by atoms with Gasteiger partial charge in [0.05, 0.1) is 0 Å². The summed E-state index contributed by atoms with van der Waals surface area (Å²) in [4.78, 5) is 8.76. The fraction of sp³-hybridized carbons (Fsp3) is 0. The summed E-state index contributed by atoms with van der Waals surface area (Å²) in [6, 6.07) is 37.6. The Morgan fingerprint density at radius 3 is 1.97 bits per heavy atom. The molecular weight excluding hydrogens is 635 g/mol. The van der Waals surface area contributed by atoms with Gasteiger partial charge in [-0.2, -0.15) is 0 Å². The first-order valence-electron chi connectivity index (χ1n) is 10.9. The molecule has 5 rings (SSSR count). The van der Waals surface area contributed by atoms with Gasteiger partial charge in [-0.05, 0) is 34.5 Å². The Labute approximate surface area is 221 Å². The van der Waals surface area contributed by atoms with E-state index in [0.717, 1.165) is 27.9 Å². The van der Waals surface area contributed by atoms with Crippen LogP contribution in [-0.4, -0.2) is 9.97 Å². The fourth-order valence-corrected chi connectivity index (χ4v) is 3.49. The average molecular weight is 656 g/mol. The Kier molecular flexibility index (Phi) is 9.00. The zero-order valence-electron chi connectivity index (χ0n) is 18.6. The summed E-state index contributed by atoms with van der Waals surface area (Å²) in [6.07, 6.45) is 7.72. The molecule has 2 aromatic heterocycles. The quantitative estimate of drug-likeness (QED) is 0.137. The Hall–Kier alpha value is -3.52. The standard InChI is InChI=1S/C30H21N2O.ClH.Pt/c1-2-8-23(9-3-1)12-13-24-14-16-25(17-15-24)26-20-27(29-10-4-6-18-31-29)22-28(21-26)33-30-11-5-7-19-32-30;;/h1-21H;1H;/q-1;;+2/p-1/b13-12+;;. The van der Waals surface area contributed by atoms with Crippen molar-refractivity contribution in [1.29, 1.82) is 0 Å². The van der Waals surface area contributed by atoms with Crippen LogP contribution < -0.4 is 4.74 Å². The monoisotopic (exact) mass is 655 g/mol. The van der Waals surface area contributed by atoms with E-state index in [2.05, 4.69) is 80.1 Å². The molecule has 35 heavy (non-hydrogen) atoms. The van der Waals surface area contributed by atoms with E-state index in [0.29, 0.717) is 11.6 Å². The summed E-state index contributed by atoms with van der Waals surface area (Å²) in [7, 11) is 4.61. The maximum atomic E-state index is 6.01. The van der Waals surface area contributed by atoms with Crippen LogP contribution in [0, 0.1) is 6.07 Å². The van der Waals surface area contributed by atoms with Crippen LogP contribution in [-0.2, 0) is 18.8 Å². The Balaban J connectivity index is 0.00000141. The maximum absolute atomic E-state index is 6.01. The molecule has 0 bridgehead atoms. The number of nitrogens with zero attached hydrogens (tertiary/aromatic N) is 2. The van der Waals surface area contributed by atoms with E-state index < -0.39 is 0 Å². The van der Waals surface area contributed by atoms with Gasteiger partial charge in [-0.1, -0.05) is 103 Å². The Bertz CT molecular complexity index is 1360. The minimum Gasteiger partial charge on any atom is -0.459 e. The van der Waals surface area contributed by atoms with E-state index in [1.807, 2.05) is 60.7 Å². The second-order valence-electron chi connectivity index (χ2n) is 7.50. The van der Waals surface area contributed by atoms with Gasteiger partial charge in [0, 0.05) is 24.2 Å². The van der Waals surface area contributed by atoms with Crippen LogP contribution in [0.15, 0.2) is 116 Å². The Morgan fingerprint density at radius 1 is 0.657 bits per heavy atom. The summed E-state index contributed by atoms with van der Waals surface area (Å²) >= 11 is 1.61. The fourth-order valence-electron chi connectivity index (χ4n) is 3.49. The van der Waals surface area contributed by atoms with Crippen molar-refractivity contribution in [1.82, 2.24) is 9.97 Å². The summed E-state index contributed by atoms with van der Waals surface area (Å²) in [5.74, 6) is 1.12. The molecular formula is C30H21ClN2OPt. The average Bonchev–Trinajstić information content (AvgIpc) is 2.95. The molecule has 0 atom stereocenters. The van der Waals surface area contributed by atoms with Crippen LogP contribution in [0.25, 0.3) is 34.5 Å². The first-order valence-corrected chi connectivity index (χ1v) is 13.7. The Morgan fingerprint density at radius 2 is 1.31 bits per heavy atom. The van der Waals surface area contributed by atoms with Crippen molar-refractivity contribution in [3.8, 4) is 34.0 Å². The molecule has 0 aliphatic carbocycles. The van der Waals surface area contributed by atoms with E-state index in [9.17, 15) is 0 Å². The van der Waals surface area contributed by atoms with Crippen LogP contribution in [0.4, 0.5) is 0 Å². The molecule has 2 heterocycles. The van der Waals surface area contributed by atoms with Crippen LogP contribution in [0.3, 0.4) is 0 Å². The third-order valence-corrected chi connectivity index (χ3v) is 5.15. The SMILES string of the molecule is [Cl][Pt+].[c-]1c(Oc2ccccn2)cc(-c2ccc(/C=C/c3ccccc3)cc2)cc1-c1ccccn1. The van der Waals surface area contributed by atoms with E-state index in [1.54, 1.807) is 31.2 Å². The summed E-state index contributed by atoms with van der Waals surface area (Å²) in [5.41, 5.74) is 6.14. The van der Waals surface area contributed by atoms with E-state index >= 15 is 0 Å². The van der Waals surface area contributed by atoms with Crippen LogP contribution >= 0.6 is 9.42 Å². The van der Waals surface area contributed by atoms with E-state index in [-0.39, 0.29) is 0 Å². The molecule has 174 valence electrons. The first-order chi connectivity index (χ1) is 17.3. The molecule has 0 radical (unpaired) electrons. The van der Waals surface area contributed by atoms with Crippen LogP contribution in [0.1, 0.15) is 11.1 Å². The molecule has 0 amide bonds. The number of aromatic nitrogens is 2. The summed E-state index contributed by atoms with van der Waals surface area (Å²) in [5, 5.41) is 0. The van der Waals surface area contributed by atoms with Crippen molar-refractivity contribution in [3.63, 3.8) is 0 Å². The predicted molar refractivity (Wildman–Crippen MR) is 139 cm³/mol. The van der Waals surface area contributed by atoms with Crippen LogP contribution in [0.5, 0.6) is 11.6 Å². The van der Waals surface area contributed by atoms with E-state index in [1.165, 1.54) is 5.56 Å². The topological polar surface area (TPSA) is 35.0 Å². The third-order valence-electron chi connectivity index (χ3n) is 5.15. The minimum absolute atomic E-state index is 0.527. The number of pyridine rings is 2. The number of ether oxygens (including phenoxy) is 1. The second-order valence-corrected chi connectivity index (χ2v) is 7.50. The molecule has 0 aliphatic rings. The van der Waals surface area contributed by atoms with Gasteiger partial charge in [-0.15, -0.1) is 11.6 Å². The number of rotatable bonds is 6. The van der Waals surface area contributed by atoms with Gasteiger partial charge in [-0.25, -0.2) is 4.98 Å². The molecule has 0 spiro atoms. The molecule has 3 nitrogen and oxygen atoms in total. The second kappa shape index (κ2) is 12.8. The van der Waals surface area contributed by atoms with Gasteiger partial charge in [0.1, 0.15) is 0 Å². The number of halogens is 1. The van der Waals surface area contributed by atoms with Gasteiger partial charge >= 0.3 is 28.2 Å². The molecule has 0 fully saturated rings. The molecule has 3 aromatic carbocycles. The number of hydrogen-bond donors (Lipinski definition) is 0. The van der Waals surface area contributed by atoms with Gasteiger partial charge in [0.15, 0.2) is 0 Å². The van der Waals surface area contributed by atoms with Gasteiger partial charge < -0.3 is 9.72 Å². The molecule has 0 saturated carbocycles. The molecule has 5 heteroatoms. The largest absolute Gasteiger partial charge is 0.459 e. The first kappa shape index (κ1) is 24.6.